The fourth-order valence-electron chi connectivity index (χ4n) is 6.62. The highest BCUT2D eigenvalue weighted by molar-refractivity contribution is 6.19. The van der Waals surface area contributed by atoms with Gasteiger partial charge in [-0.1, -0.05) is 20.8 Å². The van der Waals surface area contributed by atoms with Crippen molar-refractivity contribution in [2.45, 2.75) is 99.2 Å². The molecule has 2 saturated heterocycles. The van der Waals surface area contributed by atoms with Gasteiger partial charge in [0.2, 0.25) is 12.2 Å². The first-order valence-electron chi connectivity index (χ1n) is 15.3. The second-order valence-electron chi connectivity index (χ2n) is 11.9. The van der Waals surface area contributed by atoms with E-state index in [1.54, 1.807) is 0 Å². The van der Waals surface area contributed by atoms with Crippen molar-refractivity contribution in [1.29, 1.82) is 0 Å². The molecule has 230 valence electrons. The Bertz CT molecular complexity index is 1550. The van der Waals surface area contributed by atoms with Crippen LogP contribution in [0, 0.1) is 25.7 Å². The Morgan fingerprint density at radius 1 is 0.977 bits per heavy atom. The first kappa shape index (κ1) is 30.7. The molecule has 2 aromatic heterocycles. The Hall–Kier alpha value is -3.76. The molecular weight excluding hydrogens is 548 g/mol. The van der Waals surface area contributed by atoms with E-state index < -0.39 is 5.97 Å². The van der Waals surface area contributed by atoms with Crippen LogP contribution in [0.3, 0.4) is 0 Å². The Morgan fingerprint density at radius 2 is 1.67 bits per heavy atom. The lowest BCUT2D eigenvalue weighted by molar-refractivity contribution is -0.137. The van der Waals surface area contributed by atoms with Gasteiger partial charge in [-0.05, 0) is 80.4 Å². The number of aliphatic imine (C=N–C) groups is 1. The molecule has 2 fully saturated rings. The Labute approximate surface area is 252 Å². The highest BCUT2D eigenvalue weighted by Crippen LogP contribution is 2.34. The summed E-state index contributed by atoms with van der Waals surface area (Å²) in [7, 11) is 0. The van der Waals surface area contributed by atoms with Gasteiger partial charge in [-0.3, -0.25) is 14.4 Å². The van der Waals surface area contributed by atoms with Crippen LogP contribution in [0.25, 0.3) is 6.08 Å². The molecule has 5 heterocycles. The first-order chi connectivity index (χ1) is 20.5. The van der Waals surface area contributed by atoms with E-state index in [0.717, 1.165) is 80.4 Å². The highest BCUT2D eigenvalue weighted by atomic mass is 17.4. The molecule has 2 aromatic rings. The lowest BCUT2D eigenvalue weighted by Gasteiger charge is -2.11. The fraction of sp³-hybridized carbons (Fsp3) is 0.515. The average Bonchev–Trinajstić information content (AvgIpc) is 3.53. The number of carbonyl (C=O) groups excluding carboxylic acids is 2. The zero-order valence-electron chi connectivity index (χ0n) is 25.9. The molecule has 0 radical (unpaired) electrons. The number of amides is 2. The minimum atomic E-state index is -0.848. The van der Waals surface area contributed by atoms with Gasteiger partial charge in [-0.25, -0.2) is 4.99 Å². The van der Waals surface area contributed by atoms with Crippen LogP contribution in [-0.4, -0.2) is 44.9 Å². The van der Waals surface area contributed by atoms with Gasteiger partial charge in [-0.15, -0.1) is 0 Å². The summed E-state index contributed by atoms with van der Waals surface area (Å²) in [5, 5.41) is 12.5. The van der Waals surface area contributed by atoms with Crippen molar-refractivity contribution in [1.82, 2.24) is 15.3 Å². The first-order valence-corrected chi connectivity index (χ1v) is 15.3. The van der Waals surface area contributed by atoms with Crippen molar-refractivity contribution in [3.63, 3.8) is 0 Å². The number of H-pyrrole nitrogens is 2. The molecule has 2 atom stereocenters. The summed E-state index contributed by atoms with van der Waals surface area (Å²) in [5.41, 5.74) is 11.5. The van der Waals surface area contributed by atoms with E-state index in [2.05, 4.69) is 34.1 Å². The third-order valence-corrected chi connectivity index (χ3v) is 9.38. The summed E-state index contributed by atoms with van der Waals surface area (Å²) in [4.78, 5) is 58.0. The standard InChI is InChI=1S/C33H42N4O6/c1-7-20-19(6)32(40)37-27(20)14-25-17(4)22(9-11-30(38)39)28(35-25)15-29-23(10-12-31-42-43-31)18(5)24(34-29)13-26-16(3)21(8-2)33(41)36-26/h14,19-20,31,34-35H,7-13,15H2,1-6H3,(H,37,40)(H,38,39)/b27-14-/t19-,20-/m1/s1. The summed E-state index contributed by atoms with van der Waals surface area (Å²) >= 11 is 0. The quantitative estimate of drug-likeness (QED) is 0.187. The number of allylic oxidation sites excluding steroid dienone is 2. The number of carboxylic acid groups (broad SMARTS) is 1. The normalized spacial score (nSPS) is 21.3. The van der Waals surface area contributed by atoms with Gasteiger partial charge in [0, 0.05) is 71.6 Å². The van der Waals surface area contributed by atoms with Crippen LogP contribution < -0.4 is 5.32 Å². The molecule has 43 heavy (non-hydrogen) atoms. The van der Waals surface area contributed by atoms with Crippen LogP contribution >= 0.6 is 0 Å². The van der Waals surface area contributed by atoms with Crippen molar-refractivity contribution in [3.05, 3.63) is 61.9 Å². The molecule has 0 aliphatic carbocycles. The number of aliphatic carboxylic acids is 1. The summed E-state index contributed by atoms with van der Waals surface area (Å²) in [6.07, 6.45) is 6.26. The lowest BCUT2D eigenvalue weighted by atomic mass is 9.92. The number of hydrogen-bond donors (Lipinski definition) is 4. The van der Waals surface area contributed by atoms with Gasteiger partial charge in [0.15, 0.2) is 0 Å². The molecule has 0 spiro atoms. The summed E-state index contributed by atoms with van der Waals surface area (Å²) < 4.78 is 0. The minimum Gasteiger partial charge on any atom is -0.481 e. The van der Waals surface area contributed by atoms with Crippen molar-refractivity contribution >= 4 is 29.6 Å². The monoisotopic (exact) mass is 590 g/mol. The maximum atomic E-state index is 12.4. The third-order valence-electron chi connectivity index (χ3n) is 9.38. The Morgan fingerprint density at radius 3 is 2.30 bits per heavy atom. The number of aromatic amines is 2. The van der Waals surface area contributed by atoms with Crippen molar-refractivity contribution in [3.8, 4) is 0 Å². The number of rotatable bonds is 13. The van der Waals surface area contributed by atoms with E-state index in [1.165, 1.54) is 0 Å². The minimum absolute atomic E-state index is 0.0184. The second kappa shape index (κ2) is 12.5. The fourth-order valence-corrected chi connectivity index (χ4v) is 6.62. The molecule has 0 bridgehead atoms. The van der Waals surface area contributed by atoms with E-state index in [4.69, 9.17) is 9.78 Å². The molecule has 3 aliphatic heterocycles. The van der Waals surface area contributed by atoms with Crippen LogP contribution in [0.4, 0.5) is 0 Å². The van der Waals surface area contributed by atoms with Crippen LogP contribution in [0.1, 0.15) is 98.4 Å². The third kappa shape index (κ3) is 6.31. The Balaban J connectivity index is 1.51. The van der Waals surface area contributed by atoms with E-state index in [0.29, 0.717) is 32.1 Å². The number of carboxylic acids is 1. The van der Waals surface area contributed by atoms with Gasteiger partial charge < -0.3 is 20.4 Å². The van der Waals surface area contributed by atoms with Gasteiger partial charge >= 0.3 is 5.97 Å². The zero-order chi connectivity index (χ0) is 31.0. The lowest BCUT2D eigenvalue weighted by Crippen LogP contribution is -2.16. The maximum Gasteiger partial charge on any atom is 0.303 e. The molecule has 3 aliphatic rings. The molecule has 2 amide bonds. The smallest absolute Gasteiger partial charge is 0.303 e. The predicted molar refractivity (Wildman–Crippen MR) is 162 cm³/mol. The molecule has 0 saturated carbocycles. The number of hydrogen-bond acceptors (Lipinski definition) is 5. The molecule has 0 unspecified atom stereocenters. The van der Waals surface area contributed by atoms with Crippen molar-refractivity contribution in [2.75, 3.05) is 0 Å². The number of nitrogens with one attached hydrogen (secondary N) is 3. The van der Waals surface area contributed by atoms with Crippen LogP contribution in [0.5, 0.6) is 0 Å². The van der Waals surface area contributed by atoms with Crippen LogP contribution in [0.15, 0.2) is 21.8 Å². The van der Waals surface area contributed by atoms with Gasteiger partial charge in [0.05, 0.1) is 5.71 Å². The van der Waals surface area contributed by atoms with Crippen molar-refractivity contribution in [2.24, 2.45) is 16.8 Å². The van der Waals surface area contributed by atoms with Crippen molar-refractivity contribution < 1.29 is 29.3 Å². The predicted octanol–water partition coefficient (Wildman–Crippen LogP) is 5.17. The zero-order valence-corrected chi connectivity index (χ0v) is 25.9. The summed E-state index contributed by atoms with van der Waals surface area (Å²) in [6, 6.07) is 0. The molecule has 4 N–H and O–H groups in total. The van der Waals surface area contributed by atoms with Crippen LogP contribution in [-0.2, 0) is 49.8 Å². The Kier molecular flexibility index (Phi) is 8.89. The summed E-state index contributed by atoms with van der Waals surface area (Å²) in [5.74, 6) is -0.941. The number of aromatic nitrogens is 2. The molecule has 10 nitrogen and oxygen atoms in total. The maximum absolute atomic E-state index is 12.4. The topological polar surface area (TPSA) is 152 Å². The van der Waals surface area contributed by atoms with E-state index in [1.807, 2.05) is 33.8 Å². The van der Waals surface area contributed by atoms with Crippen LogP contribution in [0.2, 0.25) is 0 Å². The number of nitrogens with zero attached hydrogens (tertiary/aromatic N) is 1. The van der Waals surface area contributed by atoms with Gasteiger partial charge in [0.25, 0.3) is 5.91 Å². The van der Waals surface area contributed by atoms with E-state index >= 15 is 0 Å². The van der Waals surface area contributed by atoms with E-state index in [-0.39, 0.29) is 36.4 Å². The molecule has 0 aromatic carbocycles. The molecular formula is C33H42N4O6. The van der Waals surface area contributed by atoms with Gasteiger partial charge in [0.1, 0.15) is 0 Å². The number of carbonyl (C=O) groups is 3. The second-order valence-corrected chi connectivity index (χ2v) is 11.9. The average molecular weight is 591 g/mol. The SMILES string of the molecule is CCC1=C(C)C(Cc2[nH]c(Cc3[nH]c(/C=C4\NC(=O)[C@H](C)[C@H]4CC)c(C)c3CCC(=O)O)c(CCC3OO3)c2C)=NC1=O. The molecule has 5 rings (SSSR count). The summed E-state index contributed by atoms with van der Waals surface area (Å²) in [6.45, 7) is 12.1. The highest BCUT2D eigenvalue weighted by Gasteiger charge is 2.34. The largest absolute Gasteiger partial charge is 0.481 e. The van der Waals surface area contributed by atoms with E-state index in [9.17, 15) is 19.5 Å². The van der Waals surface area contributed by atoms with Gasteiger partial charge in [-0.2, -0.15) is 9.78 Å². The molecule has 10 heteroatoms.